The van der Waals surface area contributed by atoms with Crippen molar-refractivity contribution in [3.8, 4) is 0 Å². The van der Waals surface area contributed by atoms with E-state index in [-0.39, 0.29) is 6.04 Å². The molecule has 1 saturated heterocycles. The minimum absolute atomic E-state index is 0.0686. The lowest BCUT2D eigenvalue weighted by Crippen LogP contribution is -2.24. The summed E-state index contributed by atoms with van der Waals surface area (Å²) in [5.41, 5.74) is 7.22. The molecule has 1 aliphatic heterocycles. The fraction of sp³-hybridized carbons (Fsp3) is 0.643. The molecular weight excluding hydrogens is 210 g/mol. The standard InChI is InChI=1S/C14H21N3/c1-10(15)13-6-3-7-16-14(13)17-8-11-4-2-5-12(11)9-17/h3,6-7,10-12H,2,4-5,8-9,15H2,1H3. The van der Waals surface area contributed by atoms with Crippen molar-refractivity contribution in [2.45, 2.75) is 32.2 Å². The number of nitrogens with zero attached hydrogens (tertiary/aromatic N) is 2. The zero-order valence-electron chi connectivity index (χ0n) is 10.5. The molecule has 3 unspecified atom stereocenters. The molecule has 2 N–H and O–H groups in total. The number of pyridine rings is 1. The van der Waals surface area contributed by atoms with E-state index in [1.54, 1.807) is 0 Å². The summed E-state index contributed by atoms with van der Waals surface area (Å²) in [6.07, 6.45) is 6.11. The molecule has 2 aliphatic rings. The van der Waals surface area contributed by atoms with Crippen LogP contribution in [-0.4, -0.2) is 18.1 Å². The zero-order valence-corrected chi connectivity index (χ0v) is 10.5. The van der Waals surface area contributed by atoms with Crippen LogP contribution in [0.3, 0.4) is 0 Å². The monoisotopic (exact) mass is 231 g/mol. The maximum absolute atomic E-state index is 6.03. The number of anilines is 1. The van der Waals surface area contributed by atoms with Gasteiger partial charge in [-0.3, -0.25) is 0 Å². The van der Waals surface area contributed by atoms with Crippen molar-refractivity contribution in [3.05, 3.63) is 23.9 Å². The molecular formula is C14H21N3. The Morgan fingerprint density at radius 1 is 1.35 bits per heavy atom. The molecule has 3 rings (SSSR count). The molecule has 3 heteroatoms. The molecule has 0 bridgehead atoms. The molecule has 3 nitrogen and oxygen atoms in total. The third-order valence-corrected chi connectivity index (χ3v) is 4.33. The van der Waals surface area contributed by atoms with Gasteiger partial charge in [0, 0.05) is 30.9 Å². The Morgan fingerprint density at radius 2 is 2.06 bits per heavy atom. The van der Waals surface area contributed by atoms with E-state index in [1.165, 1.54) is 37.9 Å². The fourth-order valence-electron chi connectivity index (χ4n) is 3.44. The van der Waals surface area contributed by atoms with E-state index in [1.807, 2.05) is 19.2 Å². The minimum Gasteiger partial charge on any atom is -0.356 e. The molecule has 2 fully saturated rings. The van der Waals surface area contributed by atoms with Crippen molar-refractivity contribution in [1.29, 1.82) is 0 Å². The smallest absolute Gasteiger partial charge is 0.133 e. The predicted octanol–water partition coefficient (Wildman–Crippen LogP) is 2.34. The van der Waals surface area contributed by atoms with Crippen LogP contribution in [-0.2, 0) is 0 Å². The molecule has 0 radical (unpaired) electrons. The largest absolute Gasteiger partial charge is 0.356 e. The normalized spacial score (nSPS) is 29.4. The molecule has 1 aromatic rings. The van der Waals surface area contributed by atoms with Crippen LogP contribution in [0.1, 0.15) is 37.8 Å². The van der Waals surface area contributed by atoms with E-state index >= 15 is 0 Å². The second-order valence-electron chi connectivity index (χ2n) is 5.56. The Morgan fingerprint density at radius 3 is 2.71 bits per heavy atom. The van der Waals surface area contributed by atoms with Gasteiger partial charge in [-0.05, 0) is 37.7 Å². The van der Waals surface area contributed by atoms with Crippen molar-refractivity contribution < 1.29 is 0 Å². The molecule has 92 valence electrons. The average molecular weight is 231 g/mol. The van der Waals surface area contributed by atoms with E-state index in [9.17, 15) is 0 Å². The Hall–Kier alpha value is -1.09. The summed E-state index contributed by atoms with van der Waals surface area (Å²) in [7, 11) is 0. The van der Waals surface area contributed by atoms with Gasteiger partial charge in [-0.2, -0.15) is 0 Å². The van der Waals surface area contributed by atoms with Crippen LogP contribution in [0.4, 0.5) is 5.82 Å². The van der Waals surface area contributed by atoms with Gasteiger partial charge in [-0.1, -0.05) is 12.5 Å². The third kappa shape index (κ3) is 1.93. The van der Waals surface area contributed by atoms with E-state index in [4.69, 9.17) is 5.73 Å². The molecule has 1 aromatic heterocycles. The Kier molecular flexibility index (Phi) is 2.79. The van der Waals surface area contributed by atoms with E-state index in [2.05, 4.69) is 16.0 Å². The van der Waals surface area contributed by atoms with Gasteiger partial charge in [0.25, 0.3) is 0 Å². The first kappa shape index (κ1) is 11.0. The third-order valence-electron chi connectivity index (χ3n) is 4.33. The van der Waals surface area contributed by atoms with Crippen LogP contribution in [0.15, 0.2) is 18.3 Å². The summed E-state index contributed by atoms with van der Waals surface area (Å²) < 4.78 is 0. The number of fused-ring (bicyclic) bond motifs is 1. The summed E-state index contributed by atoms with van der Waals surface area (Å²) in [5, 5.41) is 0. The molecule has 0 aromatic carbocycles. The lowest BCUT2D eigenvalue weighted by Gasteiger charge is -2.22. The van der Waals surface area contributed by atoms with E-state index in [0.717, 1.165) is 17.7 Å². The Bertz CT molecular complexity index is 390. The second-order valence-corrected chi connectivity index (χ2v) is 5.56. The quantitative estimate of drug-likeness (QED) is 0.849. The zero-order chi connectivity index (χ0) is 11.8. The minimum atomic E-state index is 0.0686. The number of rotatable bonds is 2. The van der Waals surface area contributed by atoms with Crippen molar-refractivity contribution in [3.63, 3.8) is 0 Å². The summed E-state index contributed by atoms with van der Waals surface area (Å²) in [6.45, 7) is 4.40. The van der Waals surface area contributed by atoms with Crippen molar-refractivity contribution in [2.75, 3.05) is 18.0 Å². The molecule has 0 amide bonds. The average Bonchev–Trinajstić information content (AvgIpc) is 2.88. The maximum atomic E-state index is 6.03. The van der Waals surface area contributed by atoms with Crippen LogP contribution in [0, 0.1) is 11.8 Å². The van der Waals surface area contributed by atoms with Crippen LogP contribution in [0.25, 0.3) is 0 Å². The van der Waals surface area contributed by atoms with Gasteiger partial charge in [-0.25, -0.2) is 4.98 Å². The van der Waals surface area contributed by atoms with Crippen LogP contribution in [0.2, 0.25) is 0 Å². The van der Waals surface area contributed by atoms with Gasteiger partial charge in [0.05, 0.1) is 0 Å². The topological polar surface area (TPSA) is 42.1 Å². The number of hydrogen-bond donors (Lipinski definition) is 1. The van der Waals surface area contributed by atoms with E-state index in [0.29, 0.717) is 0 Å². The molecule has 3 atom stereocenters. The van der Waals surface area contributed by atoms with Gasteiger partial charge in [0.2, 0.25) is 0 Å². The van der Waals surface area contributed by atoms with Crippen LogP contribution >= 0.6 is 0 Å². The first-order chi connectivity index (χ1) is 8.25. The van der Waals surface area contributed by atoms with Gasteiger partial charge in [0.1, 0.15) is 5.82 Å². The highest BCUT2D eigenvalue weighted by Gasteiger charge is 2.37. The number of hydrogen-bond acceptors (Lipinski definition) is 3. The van der Waals surface area contributed by atoms with Gasteiger partial charge < -0.3 is 10.6 Å². The number of nitrogens with two attached hydrogens (primary N) is 1. The van der Waals surface area contributed by atoms with Crippen LogP contribution < -0.4 is 10.6 Å². The highest BCUT2D eigenvalue weighted by atomic mass is 15.2. The Labute approximate surface area is 103 Å². The van der Waals surface area contributed by atoms with Crippen LogP contribution in [0.5, 0.6) is 0 Å². The summed E-state index contributed by atoms with van der Waals surface area (Å²) in [4.78, 5) is 7.01. The first-order valence-corrected chi connectivity index (χ1v) is 6.71. The van der Waals surface area contributed by atoms with Gasteiger partial charge >= 0.3 is 0 Å². The molecule has 1 saturated carbocycles. The fourth-order valence-corrected chi connectivity index (χ4v) is 3.44. The Balaban J connectivity index is 1.85. The molecule has 17 heavy (non-hydrogen) atoms. The highest BCUT2D eigenvalue weighted by molar-refractivity contribution is 5.49. The summed E-state index contributed by atoms with van der Waals surface area (Å²) >= 11 is 0. The summed E-state index contributed by atoms with van der Waals surface area (Å²) in [5.74, 6) is 2.92. The lowest BCUT2D eigenvalue weighted by atomic mass is 10.0. The first-order valence-electron chi connectivity index (χ1n) is 6.71. The van der Waals surface area contributed by atoms with E-state index < -0.39 is 0 Å². The van der Waals surface area contributed by atoms with Crippen molar-refractivity contribution >= 4 is 5.82 Å². The summed E-state index contributed by atoms with van der Waals surface area (Å²) in [6, 6.07) is 4.17. The van der Waals surface area contributed by atoms with Crippen molar-refractivity contribution in [1.82, 2.24) is 4.98 Å². The SMILES string of the molecule is CC(N)c1cccnc1N1CC2CCCC2C1. The second kappa shape index (κ2) is 4.30. The predicted molar refractivity (Wildman–Crippen MR) is 69.9 cm³/mol. The maximum Gasteiger partial charge on any atom is 0.133 e. The molecule has 0 spiro atoms. The van der Waals surface area contributed by atoms with Gasteiger partial charge in [-0.15, -0.1) is 0 Å². The molecule has 2 heterocycles. The highest BCUT2D eigenvalue weighted by Crippen LogP contribution is 2.40. The van der Waals surface area contributed by atoms with Crippen molar-refractivity contribution in [2.24, 2.45) is 17.6 Å². The lowest BCUT2D eigenvalue weighted by molar-refractivity contribution is 0.494. The van der Waals surface area contributed by atoms with Gasteiger partial charge in [0.15, 0.2) is 0 Å². The molecule has 1 aliphatic carbocycles. The number of aromatic nitrogens is 1.